The van der Waals surface area contributed by atoms with Gasteiger partial charge in [0.15, 0.2) is 17.2 Å². The molecule has 0 radical (unpaired) electrons. The fraction of sp³-hybridized carbons (Fsp3) is 0.154. The number of benzene rings is 3. The standard InChI is InChI=1S/C26H22ClNO4/c1-16-10-17(2)12-20(11-16)25-28-22(26(29)32-25)13-19-6-9-23(24(14-19)30-3)31-15-18-4-7-21(27)8-5-18/h4-14H,15H2,1-3H3/b22-13+. The summed E-state index contributed by atoms with van der Waals surface area (Å²) >= 11 is 5.92. The van der Waals surface area contributed by atoms with E-state index < -0.39 is 5.97 Å². The van der Waals surface area contributed by atoms with E-state index in [-0.39, 0.29) is 5.70 Å². The van der Waals surface area contributed by atoms with Crippen molar-refractivity contribution in [2.75, 3.05) is 7.11 Å². The number of cyclic esters (lactones) is 1. The highest BCUT2D eigenvalue weighted by Gasteiger charge is 2.24. The molecule has 1 aliphatic rings. The van der Waals surface area contributed by atoms with Crippen LogP contribution in [-0.2, 0) is 16.1 Å². The van der Waals surface area contributed by atoms with Crippen LogP contribution in [0.1, 0.15) is 27.8 Å². The molecule has 3 aromatic carbocycles. The smallest absolute Gasteiger partial charge is 0.363 e. The van der Waals surface area contributed by atoms with E-state index in [1.165, 1.54) is 0 Å². The van der Waals surface area contributed by atoms with Crippen molar-refractivity contribution >= 4 is 29.5 Å². The average molecular weight is 448 g/mol. The number of aryl methyl sites for hydroxylation is 2. The first kappa shape index (κ1) is 21.7. The Balaban J connectivity index is 1.54. The van der Waals surface area contributed by atoms with Crippen LogP contribution in [0.25, 0.3) is 6.08 Å². The maximum Gasteiger partial charge on any atom is 0.363 e. The molecule has 3 aromatic rings. The van der Waals surface area contributed by atoms with Gasteiger partial charge in [0.25, 0.3) is 0 Å². The van der Waals surface area contributed by atoms with Crippen LogP contribution in [0.15, 0.2) is 71.4 Å². The van der Waals surface area contributed by atoms with E-state index >= 15 is 0 Å². The molecule has 1 heterocycles. The largest absolute Gasteiger partial charge is 0.493 e. The molecule has 5 nitrogen and oxygen atoms in total. The number of halogens is 1. The molecule has 4 rings (SSSR count). The highest BCUT2D eigenvalue weighted by molar-refractivity contribution is 6.30. The van der Waals surface area contributed by atoms with Crippen molar-refractivity contribution in [2.24, 2.45) is 4.99 Å². The first-order valence-electron chi connectivity index (χ1n) is 10.1. The average Bonchev–Trinajstić information content (AvgIpc) is 3.13. The molecule has 1 aliphatic heterocycles. The Kier molecular flexibility index (Phi) is 6.28. The normalized spacial score (nSPS) is 14.3. The van der Waals surface area contributed by atoms with Crippen LogP contribution in [0, 0.1) is 13.8 Å². The van der Waals surface area contributed by atoms with Gasteiger partial charge in [-0.1, -0.05) is 47.0 Å². The van der Waals surface area contributed by atoms with E-state index in [1.54, 1.807) is 25.3 Å². The van der Waals surface area contributed by atoms with Crippen LogP contribution in [0.3, 0.4) is 0 Å². The first-order valence-corrected chi connectivity index (χ1v) is 10.5. The number of carbonyl (C=O) groups excluding carboxylic acids is 1. The van der Waals surface area contributed by atoms with Gasteiger partial charge >= 0.3 is 5.97 Å². The molecule has 0 saturated carbocycles. The van der Waals surface area contributed by atoms with Gasteiger partial charge in [0, 0.05) is 10.6 Å². The molecule has 0 amide bonds. The van der Waals surface area contributed by atoms with Gasteiger partial charge in [-0.05, 0) is 67.4 Å². The predicted molar refractivity (Wildman–Crippen MR) is 125 cm³/mol. The summed E-state index contributed by atoms with van der Waals surface area (Å²) in [4.78, 5) is 16.8. The van der Waals surface area contributed by atoms with Gasteiger partial charge in [0.1, 0.15) is 6.61 Å². The van der Waals surface area contributed by atoms with Crippen LogP contribution >= 0.6 is 11.6 Å². The van der Waals surface area contributed by atoms with E-state index in [0.717, 1.165) is 27.8 Å². The number of carbonyl (C=O) groups is 1. The van der Waals surface area contributed by atoms with Gasteiger partial charge < -0.3 is 14.2 Å². The van der Waals surface area contributed by atoms with E-state index in [4.69, 9.17) is 25.8 Å². The van der Waals surface area contributed by atoms with Gasteiger partial charge in [0.2, 0.25) is 5.90 Å². The van der Waals surface area contributed by atoms with E-state index in [0.29, 0.717) is 29.0 Å². The minimum absolute atomic E-state index is 0.232. The van der Waals surface area contributed by atoms with Crippen molar-refractivity contribution in [3.8, 4) is 11.5 Å². The summed E-state index contributed by atoms with van der Waals surface area (Å²) in [6.45, 7) is 4.37. The van der Waals surface area contributed by atoms with Crippen LogP contribution in [0.2, 0.25) is 5.02 Å². The fourth-order valence-corrected chi connectivity index (χ4v) is 3.55. The van der Waals surface area contributed by atoms with Crippen molar-refractivity contribution in [1.82, 2.24) is 0 Å². The SMILES string of the molecule is COc1cc(/C=C2/N=C(c3cc(C)cc(C)c3)OC2=O)ccc1OCc1ccc(Cl)cc1. The van der Waals surface area contributed by atoms with Crippen molar-refractivity contribution in [2.45, 2.75) is 20.5 Å². The Morgan fingerprint density at radius 3 is 2.38 bits per heavy atom. The number of rotatable bonds is 6. The van der Waals surface area contributed by atoms with Gasteiger partial charge in [-0.2, -0.15) is 0 Å². The highest BCUT2D eigenvalue weighted by Crippen LogP contribution is 2.30. The Morgan fingerprint density at radius 2 is 1.69 bits per heavy atom. The van der Waals surface area contributed by atoms with Crippen molar-refractivity contribution in [1.29, 1.82) is 0 Å². The number of aliphatic imine (C=N–C) groups is 1. The molecular formula is C26H22ClNO4. The third kappa shape index (κ3) is 5.01. The van der Waals surface area contributed by atoms with Crippen LogP contribution in [0.4, 0.5) is 0 Å². The van der Waals surface area contributed by atoms with E-state index in [9.17, 15) is 4.79 Å². The summed E-state index contributed by atoms with van der Waals surface area (Å²) in [5.74, 6) is 0.973. The molecule has 0 fully saturated rings. The van der Waals surface area contributed by atoms with Gasteiger partial charge in [0.05, 0.1) is 7.11 Å². The third-order valence-corrected chi connectivity index (χ3v) is 5.14. The lowest BCUT2D eigenvalue weighted by Gasteiger charge is -2.11. The lowest BCUT2D eigenvalue weighted by molar-refractivity contribution is -0.129. The van der Waals surface area contributed by atoms with Crippen molar-refractivity contribution < 1.29 is 19.0 Å². The maximum atomic E-state index is 12.4. The van der Waals surface area contributed by atoms with Gasteiger partial charge in [-0.25, -0.2) is 9.79 Å². The van der Waals surface area contributed by atoms with Crippen molar-refractivity contribution in [3.05, 3.63) is 99.2 Å². The van der Waals surface area contributed by atoms with E-state index in [1.807, 2.05) is 56.3 Å². The summed E-state index contributed by atoms with van der Waals surface area (Å²) in [6.07, 6.45) is 1.67. The Bertz CT molecular complexity index is 1210. The molecule has 32 heavy (non-hydrogen) atoms. The molecule has 0 bridgehead atoms. The zero-order chi connectivity index (χ0) is 22.7. The molecule has 162 valence electrons. The molecular weight excluding hydrogens is 426 g/mol. The molecule has 6 heteroatoms. The molecule has 0 saturated heterocycles. The zero-order valence-corrected chi connectivity index (χ0v) is 18.8. The predicted octanol–water partition coefficient (Wildman–Crippen LogP) is 5.89. The number of esters is 1. The molecule has 0 unspecified atom stereocenters. The number of methoxy groups -OCH3 is 1. The minimum atomic E-state index is -0.485. The Hall–Kier alpha value is -3.57. The summed E-state index contributed by atoms with van der Waals surface area (Å²) in [7, 11) is 1.57. The van der Waals surface area contributed by atoms with Gasteiger partial charge in [-0.3, -0.25) is 0 Å². The summed E-state index contributed by atoms with van der Waals surface area (Å²) in [5, 5.41) is 0.678. The fourth-order valence-electron chi connectivity index (χ4n) is 3.42. The second kappa shape index (κ2) is 9.28. The summed E-state index contributed by atoms with van der Waals surface area (Å²) in [6, 6.07) is 18.8. The maximum absolute atomic E-state index is 12.4. The highest BCUT2D eigenvalue weighted by atomic mass is 35.5. The first-order chi connectivity index (χ1) is 15.4. The van der Waals surface area contributed by atoms with Crippen molar-refractivity contribution in [3.63, 3.8) is 0 Å². The van der Waals surface area contributed by atoms with Gasteiger partial charge in [-0.15, -0.1) is 0 Å². The third-order valence-electron chi connectivity index (χ3n) is 4.89. The van der Waals surface area contributed by atoms with Crippen LogP contribution in [-0.4, -0.2) is 19.0 Å². The second-order valence-corrected chi connectivity index (χ2v) is 7.97. The summed E-state index contributed by atoms with van der Waals surface area (Å²) < 4.78 is 16.8. The number of hydrogen-bond acceptors (Lipinski definition) is 5. The van der Waals surface area contributed by atoms with Crippen LogP contribution < -0.4 is 9.47 Å². The lowest BCUT2D eigenvalue weighted by atomic mass is 10.1. The molecule has 0 aromatic heterocycles. The zero-order valence-electron chi connectivity index (χ0n) is 18.0. The quantitative estimate of drug-likeness (QED) is 0.349. The Morgan fingerprint density at radius 1 is 0.969 bits per heavy atom. The molecule has 0 N–H and O–H groups in total. The lowest BCUT2D eigenvalue weighted by Crippen LogP contribution is -2.06. The number of ether oxygens (including phenoxy) is 3. The Labute approximate surface area is 191 Å². The minimum Gasteiger partial charge on any atom is -0.493 e. The molecule has 0 atom stereocenters. The number of nitrogens with zero attached hydrogens (tertiary/aromatic N) is 1. The molecule has 0 spiro atoms. The second-order valence-electron chi connectivity index (χ2n) is 7.54. The number of hydrogen-bond donors (Lipinski definition) is 0. The topological polar surface area (TPSA) is 57.1 Å². The van der Waals surface area contributed by atoms with E-state index in [2.05, 4.69) is 11.1 Å². The monoisotopic (exact) mass is 447 g/mol. The summed E-state index contributed by atoms with van der Waals surface area (Å²) in [5.41, 5.74) is 4.91. The van der Waals surface area contributed by atoms with Crippen LogP contribution in [0.5, 0.6) is 11.5 Å². The molecule has 0 aliphatic carbocycles.